The van der Waals surface area contributed by atoms with Crippen LogP contribution in [0, 0.1) is 5.82 Å². The van der Waals surface area contributed by atoms with Crippen LogP contribution in [0.25, 0.3) is 0 Å². The molecule has 0 heterocycles. The van der Waals surface area contributed by atoms with Crippen molar-refractivity contribution in [3.63, 3.8) is 0 Å². The maximum absolute atomic E-state index is 13.0. The van der Waals surface area contributed by atoms with Crippen LogP contribution < -0.4 is 5.32 Å². The Morgan fingerprint density at radius 2 is 1.93 bits per heavy atom. The largest absolute Gasteiger partial charge is 0.307 e. The van der Waals surface area contributed by atoms with E-state index >= 15 is 0 Å². The molecule has 0 aromatic heterocycles. The van der Waals surface area contributed by atoms with Crippen molar-refractivity contribution in [1.82, 2.24) is 5.32 Å². The van der Waals surface area contributed by atoms with Gasteiger partial charge in [0.05, 0.1) is 0 Å². The van der Waals surface area contributed by atoms with Crippen molar-refractivity contribution >= 4 is 0 Å². The fraction of sp³-hybridized carbons (Fsp3) is 0.538. The first-order valence-corrected chi connectivity index (χ1v) is 5.68. The molecule has 15 heavy (non-hydrogen) atoms. The molecular weight excluding hydrogens is 189 g/mol. The second-order valence-corrected chi connectivity index (χ2v) is 3.96. The van der Waals surface area contributed by atoms with E-state index in [1.807, 2.05) is 6.07 Å². The van der Waals surface area contributed by atoms with E-state index in [9.17, 15) is 4.39 Å². The van der Waals surface area contributed by atoms with Gasteiger partial charge in [0.25, 0.3) is 0 Å². The lowest BCUT2D eigenvalue weighted by Crippen LogP contribution is -2.30. The van der Waals surface area contributed by atoms with Crippen molar-refractivity contribution in [3.8, 4) is 0 Å². The van der Waals surface area contributed by atoms with E-state index in [0.717, 1.165) is 18.4 Å². The van der Waals surface area contributed by atoms with Gasteiger partial charge in [-0.2, -0.15) is 0 Å². The quantitative estimate of drug-likeness (QED) is 0.780. The molecule has 0 saturated carbocycles. The molecule has 0 spiro atoms. The molecule has 0 unspecified atom stereocenters. The summed E-state index contributed by atoms with van der Waals surface area (Å²) in [4.78, 5) is 0. The number of hydrogen-bond acceptors (Lipinski definition) is 1. The molecule has 1 nitrogen and oxygen atoms in total. The molecule has 1 aromatic carbocycles. The summed E-state index contributed by atoms with van der Waals surface area (Å²) in [7, 11) is 0. The van der Waals surface area contributed by atoms with Gasteiger partial charge in [-0.25, -0.2) is 4.39 Å². The monoisotopic (exact) mass is 209 g/mol. The lowest BCUT2D eigenvalue weighted by molar-refractivity contribution is 0.431. The Labute approximate surface area is 91.7 Å². The second-order valence-electron chi connectivity index (χ2n) is 3.96. The summed E-state index contributed by atoms with van der Waals surface area (Å²) in [5.41, 5.74) is 1.02. The van der Waals surface area contributed by atoms with Gasteiger partial charge in [0, 0.05) is 12.1 Å². The standard InChI is InChI=1S/C13H20FN/c1-4-13(5-2)15-10(3)11-7-6-8-12(14)9-11/h6-10,13,15H,4-5H2,1-3H3/t10-/m0/s1. The summed E-state index contributed by atoms with van der Waals surface area (Å²) in [6.45, 7) is 6.41. The van der Waals surface area contributed by atoms with E-state index in [1.54, 1.807) is 12.1 Å². The highest BCUT2D eigenvalue weighted by Crippen LogP contribution is 2.15. The van der Waals surface area contributed by atoms with Gasteiger partial charge in [-0.15, -0.1) is 0 Å². The Balaban J connectivity index is 2.64. The first-order chi connectivity index (χ1) is 7.17. The summed E-state index contributed by atoms with van der Waals surface area (Å²) in [5.74, 6) is -0.161. The van der Waals surface area contributed by atoms with Crippen LogP contribution in [-0.4, -0.2) is 6.04 Å². The maximum atomic E-state index is 13.0. The number of hydrogen-bond donors (Lipinski definition) is 1. The first kappa shape index (κ1) is 12.2. The molecule has 0 aliphatic carbocycles. The van der Waals surface area contributed by atoms with E-state index in [2.05, 4.69) is 26.1 Å². The molecule has 0 amide bonds. The zero-order chi connectivity index (χ0) is 11.3. The predicted molar refractivity (Wildman–Crippen MR) is 62.3 cm³/mol. The van der Waals surface area contributed by atoms with E-state index in [4.69, 9.17) is 0 Å². The van der Waals surface area contributed by atoms with Gasteiger partial charge < -0.3 is 5.32 Å². The minimum absolute atomic E-state index is 0.161. The van der Waals surface area contributed by atoms with E-state index in [0.29, 0.717) is 6.04 Å². The minimum atomic E-state index is -0.161. The lowest BCUT2D eigenvalue weighted by atomic mass is 10.1. The Bertz CT molecular complexity index is 294. The molecule has 0 bridgehead atoms. The van der Waals surface area contributed by atoms with Crippen molar-refractivity contribution < 1.29 is 4.39 Å². The van der Waals surface area contributed by atoms with Gasteiger partial charge in [0.2, 0.25) is 0 Å². The second kappa shape index (κ2) is 5.86. The van der Waals surface area contributed by atoms with Crippen molar-refractivity contribution in [1.29, 1.82) is 0 Å². The Kier molecular flexibility index (Phi) is 4.76. The highest BCUT2D eigenvalue weighted by molar-refractivity contribution is 5.19. The molecular formula is C13H20FN. The molecule has 1 aromatic rings. The molecule has 2 heteroatoms. The highest BCUT2D eigenvalue weighted by atomic mass is 19.1. The minimum Gasteiger partial charge on any atom is -0.307 e. The summed E-state index contributed by atoms with van der Waals surface area (Å²) in [5, 5.41) is 3.49. The molecule has 0 fully saturated rings. The molecule has 0 aliphatic heterocycles. The van der Waals surface area contributed by atoms with Crippen LogP contribution in [0.2, 0.25) is 0 Å². The Morgan fingerprint density at radius 3 is 2.47 bits per heavy atom. The normalized spacial score (nSPS) is 13.1. The average Bonchev–Trinajstić information content (AvgIpc) is 2.25. The zero-order valence-corrected chi connectivity index (χ0v) is 9.76. The van der Waals surface area contributed by atoms with Gasteiger partial charge in [0.1, 0.15) is 5.82 Å². The third-order valence-corrected chi connectivity index (χ3v) is 2.82. The third kappa shape index (κ3) is 3.63. The summed E-state index contributed by atoms with van der Waals surface area (Å²) in [6.07, 6.45) is 2.21. The molecule has 1 rings (SSSR count). The van der Waals surface area contributed by atoms with Gasteiger partial charge in [-0.1, -0.05) is 26.0 Å². The van der Waals surface area contributed by atoms with Gasteiger partial charge in [-0.05, 0) is 37.5 Å². The Morgan fingerprint density at radius 1 is 1.27 bits per heavy atom. The predicted octanol–water partition coefficient (Wildman–Crippen LogP) is 3.66. The maximum Gasteiger partial charge on any atom is 0.123 e. The van der Waals surface area contributed by atoms with Gasteiger partial charge >= 0.3 is 0 Å². The van der Waals surface area contributed by atoms with Crippen molar-refractivity contribution in [3.05, 3.63) is 35.6 Å². The van der Waals surface area contributed by atoms with Crippen molar-refractivity contribution in [2.75, 3.05) is 0 Å². The molecule has 0 saturated heterocycles. The van der Waals surface area contributed by atoms with E-state index < -0.39 is 0 Å². The SMILES string of the molecule is CCC(CC)N[C@@H](C)c1cccc(F)c1. The number of halogens is 1. The van der Waals surface area contributed by atoms with Crippen LogP contribution in [0.4, 0.5) is 4.39 Å². The van der Waals surface area contributed by atoms with Crippen LogP contribution in [0.1, 0.15) is 45.2 Å². The summed E-state index contributed by atoms with van der Waals surface area (Å²) < 4.78 is 13.0. The molecule has 1 N–H and O–H groups in total. The van der Waals surface area contributed by atoms with E-state index in [-0.39, 0.29) is 11.9 Å². The molecule has 0 aliphatic rings. The number of nitrogens with one attached hydrogen (secondary N) is 1. The lowest BCUT2D eigenvalue weighted by Gasteiger charge is -2.21. The molecule has 0 radical (unpaired) electrons. The summed E-state index contributed by atoms with van der Waals surface area (Å²) >= 11 is 0. The van der Waals surface area contributed by atoms with Crippen LogP contribution in [0.15, 0.2) is 24.3 Å². The molecule has 1 atom stereocenters. The smallest absolute Gasteiger partial charge is 0.123 e. The summed E-state index contributed by atoms with van der Waals surface area (Å²) in [6, 6.07) is 7.53. The first-order valence-electron chi connectivity index (χ1n) is 5.68. The van der Waals surface area contributed by atoms with Gasteiger partial charge in [0.15, 0.2) is 0 Å². The van der Waals surface area contributed by atoms with Gasteiger partial charge in [-0.3, -0.25) is 0 Å². The third-order valence-electron chi connectivity index (χ3n) is 2.82. The van der Waals surface area contributed by atoms with Crippen LogP contribution in [-0.2, 0) is 0 Å². The zero-order valence-electron chi connectivity index (χ0n) is 9.76. The average molecular weight is 209 g/mol. The number of rotatable bonds is 5. The topological polar surface area (TPSA) is 12.0 Å². The van der Waals surface area contributed by atoms with E-state index in [1.165, 1.54) is 6.07 Å². The molecule has 84 valence electrons. The van der Waals surface area contributed by atoms with Crippen LogP contribution in [0.3, 0.4) is 0 Å². The highest BCUT2D eigenvalue weighted by Gasteiger charge is 2.10. The van der Waals surface area contributed by atoms with Crippen molar-refractivity contribution in [2.24, 2.45) is 0 Å². The number of benzene rings is 1. The van der Waals surface area contributed by atoms with Crippen molar-refractivity contribution in [2.45, 2.75) is 45.7 Å². The fourth-order valence-corrected chi connectivity index (χ4v) is 1.75. The van der Waals surface area contributed by atoms with Crippen LogP contribution in [0.5, 0.6) is 0 Å². The Hall–Kier alpha value is -0.890. The fourth-order valence-electron chi connectivity index (χ4n) is 1.75. The van der Waals surface area contributed by atoms with Crippen LogP contribution >= 0.6 is 0 Å².